The highest BCUT2D eigenvalue weighted by Gasteiger charge is 2.32. The molecule has 0 amide bonds. The number of aromatic nitrogens is 2. The van der Waals surface area contributed by atoms with Crippen molar-refractivity contribution in [2.75, 3.05) is 0 Å². The number of nitrogens with zero attached hydrogens (tertiary/aromatic N) is 2. The van der Waals surface area contributed by atoms with Crippen LogP contribution in [0.5, 0.6) is 0 Å². The van der Waals surface area contributed by atoms with Gasteiger partial charge in [0.15, 0.2) is 12.4 Å². The smallest absolute Gasteiger partial charge is 0.407 e. The van der Waals surface area contributed by atoms with E-state index in [0.717, 1.165) is 24.8 Å². The molecule has 4 nitrogen and oxygen atoms in total. The molecule has 0 saturated carbocycles. The van der Waals surface area contributed by atoms with Crippen molar-refractivity contribution in [2.24, 2.45) is 10.8 Å². The molecule has 0 fully saturated rings. The monoisotopic (exact) mass is 563 g/mol. The van der Waals surface area contributed by atoms with E-state index in [-0.39, 0.29) is 23.5 Å². The number of carbonyl (C=O) groups is 1. The second-order valence-electron chi connectivity index (χ2n) is 13.8. The maximum absolute atomic E-state index is 12.8. The molecule has 0 radical (unpaired) electrons. The fourth-order valence-corrected chi connectivity index (χ4v) is 6.01. The zero-order chi connectivity index (χ0) is 30.2. The van der Waals surface area contributed by atoms with Gasteiger partial charge in [0.25, 0.3) is 0 Å². The minimum atomic E-state index is -0.374. The Balaban J connectivity index is 1.64. The van der Waals surface area contributed by atoms with E-state index in [9.17, 15) is 4.79 Å². The standard InChI is InChI=1S/C38H47N2O2/c1-37(2,3)27-34(30-17-21-39-22-18-30)25-33(26-35(38(4,5)6)32-15-11-8-12-16-32)31-19-23-40(24-20-31)36(41)42-28-29-13-9-7-10-14-29/h7-24,33-35H,25-28H2,1-6H3/q+1. The molecule has 2 aromatic carbocycles. The first-order chi connectivity index (χ1) is 20.0. The number of rotatable bonds is 10. The molecule has 2 aromatic heterocycles. The Bertz CT molecular complexity index is 1370. The van der Waals surface area contributed by atoms with Crippen LogP contribution in [0.15, 0.2) is 110 Å². The summed E-state index contributed by atoms with van der Waals surface area (Å²) in [6.07, 6.45) is 10.3. The van der Waals surface area contributed by atoms with Crippen LogP contribution in [0.1, 0.15) is 101 Å². The molecule has 0 aliphatic carbocycles. The predicted octanol–water partition coefficient (Wildman–Crippen LogP) is 9.47. The number of ether oxygens (including phenoxy) is 1. The molecule has 0 aliphatic rings. The van der Waals surface area contributed by atoms with E-state index in [1.54, 1.807) is 0 Å². The third-order valence-corrected chi connectivity index (χ3v) is 8.12. The second-order valence-corrected chi connectivity index (χ2v) is 13.8. The molecule has 3 atom stereocenters. The highest BCUT2D eigenvalue weighted by atomic mass is 16.5. The number of hydrogen-bond acceptors (Lipinski definition) is 3. The third kappa shape index (κ3) is 9.11. The molecule has 0 N–H and O–H groups in total. The van der Waals surface area contributed by atoms with Crippen molar-refractivity contribution in [3.63, 3.8) is 0 Å². The highest BCUT2D eigenvalue weighted by molar-refractivity contribution is 5.56. The Morgan fingerprint density at radius 1 is 0.714 bits per heavy atom. The van der Waals surface area contributed by atoms with Crippen LogP contribution in [0.4, 0.5) is 4.79 Å². The number of hydrogen-bond donors (Lipinski definition) is 0. The largest absolute Gasteiger partial charge is 0.602 e. The van der Waals surface area contributed by atoms with Gasteiger partial charge < -0.3 is 4.74 Å². The van der Waals surface area contributed by atoms with E-state index in [0.29, 0.717) is 17.8 Å². The molecule has 0 saturated heterocycles. The van der Waals surface area contributed by atoms with Crippen LogP contribution in [-0.4, -0.2) is 11.1 Å². The van der Waals surface area contributed by atoms with Crippen LogP contribution < -0.4 is 4.57 Å². The van der Waals surface area contributed by atoms with Crippen molar-refractivity contribution >= 4 is 6.09 Å². The molecule has 2 heterocycles. The third-order valence-electron chi connectivity index (χ3n) is 8.12. The van der Waals surface area contributed by atoms with Crippen LogP contribution in [0.3, 0.4) is 0 Å². The van der Waals surface area contributed by atoms with Gasteiger partial charge in [-0.15, -0.1) is 0 Å². The summed E-state index contributed by atoms with van der Waals surface area (Å²) >= 11 is 0. The van der Waals surface area contributed by atoms with Gasteiger partial charge in [-0.25, -0.2) is 0 Å². The summed E-state index contributed by atoms with van der Waals surface area (Å²) in [5, 5.41) is 0. The average molecular weight is 564 g/mol. The molecule has 42 heavy (non-hydrogen) atoms. The van der Waals surface area contributed by atoms with Gasteiger partial charge in [-0.3, -0.25) is 4.98 Å². The van der Waals surface area contributed by atoms with Crippen LogP contribution in [-0.2, 0) is 11.3 Å². The SMILES string of the molecule is CC(C)(C)CC(CC(CC(c1ccccc1)C(C)(C)C)c1cc[n+](C(=O)OCc2ccccc2)cc1)c1ccncc1. The molecule has 220 valence electrons. The average Bonchev–Trinajstić information content (AvgIpc) is 2.97. The van der Waals surface area contributed by atoms with Crippen molar-refractivity contribution in [1.29, 1.82) is 0 Å². The first kappa shape index (κ1) is 31.2. The second kappa shape index (κ2) is 13.9. The summed E-state index contributed by atoms with van der Waals surface area (Å²) < 4.78 is 7.12. The van der Waals surface area contributed by atoms with Gasteiger partial charge in [0, 0.05) is 24.5 Å². The van der Waals surface area contributed by atoms with Gasteiger partial charge in [0.1, 0.15) is 6.61 Å². The molecular weight excluding hydrogens is 516 g/mol. The van der Waals surface area contributed by atoms with Crippen molar-refractivity contribution in [3.05, 3.63) is 132 Å². The van der Waals surface area contributed by atoms with E-state index in [1.165, 1.54) is 21.3 Å². The van der Waals surface area contributed by atoms with E-state index >= 15 is 0 Å². The molecule has 4 heteroatoms. The minimum Gasteiger partial charge on any atom is -0.407 e. The number of benzene rings is 2. The summed E-state index contributed by atoms with van der Waals surface area (Å²) in [5.74, 6) is 1.06. The van der Waals surface area contributed by atoms with E-state index in [1.807, 2.05) is 55.1 Å². The molecule has 4 aromatic rings. The van der Waals surface area contributed by atoms with E-state index in [2.05, 4.69) is 101 Å². The van der Waals surface area contributed by atoms with Gasteiger partial charge in [0.2, 0.25) is 0 Å². The zero-order valence-corrected chi connectivity index (χ0v) is 26.2. The molecular formula is C38H47N2O2+. The Hall–Kier alpha value is -3.79. The van der Waals surface area contributed by atoms with Gasteiger partial charge in [-0.2, -0.15) is 4.79 Å². The molecule has 0 bridgehead atoms. The topological polar surface area (TPSA) is 43.1 Å². The maximum atomic E-state index is 12.8. The van der Waals surface area contributed by atoms with Crippen molar-refractivity contribution in [3.8, 4) is 0 Å². The van der Waals surface area contributed by atoms with Crippen molar-refractivity contribution < 1.29 is 14.1 Å². The maximum Gasteiger partial charge on any atom is 0.602 e. The fraction of sp³-hybridized carbons (Fsp3) is 0.395. The number of carbonyl (C=O) groups excluding carboxylic acids is 1. The lowest BCUT2D eigenvalue weighted by Crippen LogP contribution is -2.42. The zero-order valence-electron chi connectivity index (χ0n) is 26.2. The summed E-state index contributed by atoms with van der Waals surface area (Å²) in [6, 6.07) is 29.3. The number of pyridine rings is 2. The van der Waals surface area contributed by atoms with Crippen molar-refractivity contribution in [1.82, 2.24) is 4.98 Å². The van der Waals surface area contributed by atoms with Gasteiger partial charge >= 0.3 is 6.09 Å². The molecule has 0 aliphatic heterocycles. The normalized spacial score (nSPS) is 14.1. The lowest BCUT2D eigenvalue weighted by molar-refractivity contribution is -0.586. The Labute approximate surface area is 252 Å². The minimum absolute atomic E-state index is 0.0890. The summed E-state index contributed by atoms with van der Waals surface area (Å²) in [5.41, 5.74) is 5.21. The van der Waals surface area contributed by atoms with Crippen LogP contribution in [0, 0.1) is 10.8 Å². The van der Waals surface area contributed by atoms with Crippen LogP contribution in [0.2, 0.25) is 0 Å². The first-order valence-electron chi connectivity index (χ1n) is 15.2. The van der Waals surface area contributed by atoms with Crippen LogP contribution >= 0.6 is 0 Å². The highest BCUT2D eigenvalue weighted by Crippen LogP contribution is 2.46. The molecule has 3 unspecified atom stereocenters. The van der Waals surface area contributed by atoms with Gasteiger partial charge in [0.05, 0.1) is 0 Å². The molecule has 0 spiro atoms. The van der Waals surface area contributed by atoms with Gasteiger partial charge in [-0.1, -0.05) is 107 Å². The Morgan fingerprint density at radius 2 is 1.29 bits per heavy atom. The summed E-state index contributed by atoms with van der Waals surface area (Å²) in [4.78, 5) is 17.1. The lowest BCUT2D eigenvalue weighted by Gasteiger charge is -2.36. The van der Waals surface area contributed by atoms with E-state index < -0.39 is 0 Å². The molecule has 4 rings (SSSR count). The van der Waals surface area contributed by atoms with E-state index in [4.69, 9.17) is 4.74 Å². The fourth-order valence-electron chi connectivity index (χ4n) is 6.01. The predicted molar refractivity (Wildman–Crippen MR) is 170 cm³/mol. The van der Waals surface area contributed by atoms with Crippen molar-refractivity contribution in [2.45, 2.75) is 85.2 Å². The lowest BCUT2D eigenvalue weighted by atomic mass is 9.68. The van der Waals surface area contributed by atoms with Crippen LogP contribution in [0.25, 0.3) is 0 Å². The first-order valence-corrected chi connectivity index (χ1v) is 15.2. The summed E-state index contributed by atoms with van der Waals surface area (Å²) in [7, 11) is 0. The van der Waals surface area contributed by atoms with Gasteiger partial charge in [-0.05, 0) is 82.2 Å². The Morgan fingerprint density at radius 3 is 1.86 bits per heavy atom. The summed E-state index contributed by atoms with van der Waals surface area (Å²) in [6.45, 7) is 14.3. The quantitative estimate of drug-likeness (QED) is 0.181. The Kier molecular flexibility index (Phi) is 10.3.